The number of halogens is 2. The van der Waals surface area contributed by atoms with E-state index in [0.29, 0.717) is 5.56 Å². The molecule has 0 aliphatic heterocycles. The lowest BCUT2D eigenvalue weighted by Gasteiger charge is -2.08. The van der Waals surface area contributed by atoms with Crippen LogP contribution in [0.2, 0.25) is 0 Å². The molecule has 0 aliphatic rings. The summed E-state index contributed by atoms with van der Waals surface area (Å²) in [4.78, 5) is 17.2. The highest BCUT2D eigenvalue weighted by molar-refractivity contribution is 8.00. The summed E-state index contributed by atoms with van der Waals surface area (Å²) in [5, 5.41) is 3.98. The molecule has 0 unspecified atom stereocenters. The summed E-state index contributed by atoms with van der Waals surface area (Å²) in [6.07, 6.45) is 2.68. The number of carboxylic acid groups (broad SMARTS) is 1. The van der Waals surface area contributed by atoms with E-state index in [-0.39, 0.29) is 16.9 Å². The van der Waals surface area contributed by atoms with Gasteiger partial charge in [-0.1, -0.05) is 0 Å². The van der Waals surface area contributed by atoms with Crippen molar-refractivity contribution in [3.8, 4) is 0 Å². The Kier molecular flexibility index (Phi) is 3.00. The molecule has 0 fully saturated rings. The number of aliphatic carboxylic acids is 1. The molecular weight excluding hydrogens is 214 g/mol. The van der Waals surface area contributed by atoms with Gasteiger partial charge in [0.25, 0.3) is 0 Å². The standard InChI is InChI=1S/C7H6F2N2O2S/c1-4-2-10-6(11-3-4)14-7(8,9)5(12)13/h2-3H,1H3,(H,12,13). The normalized spacial score (nSPS) is 11.4. The summed E-state index contributed by atoms with van der Waals surface area (Å²) in [6.45, 7) is 1.70. The van der Waals surface area contributed by atoms with Crippen molar-refractivity contribution in [2.45, 2.75) is 17.3 Å². The fraction of sp³-hybridized carbons (Fsp3) is 0.286. The Morgan fingerprint density at radius 3 is 2.43 bits per heavy atom. The lowest BCUT2D eigenvalue weighted by atomic mass is 10.4. The number of hydrogen-bond donors (Lipinski definition) is 1. The third-order valence-corrected chi connectivity index (χ3v) is 2.05. The molecular formula is C7H6F2N2O2S. The zero-order valence-corrected chi connectivity index (χ0v) is 7.89. The van der Waals surface area contributed by atoms with Crippen molar-refractivity contribution in [3.63, 3.8) is 0 Å². The topological polar surface area (TPSA) is 63.1 Å². The molecule has 1 aromatic heterocycles. The highest BCUT2D eigenvalue weighted by Gasteiger charge is 2.41. The van der Waals surface area contributed by atoms with E-state index >= 15 is 0 Å². The molecule has 76 valence electrons. The van der Waals surface area contributed by atoms with Crippen molar-refractivity contribution in [2.24, 2.45) is 0 Å². The smallest absolute Gasteiger partial charge is 0.395 e. The van der Waals surface area contributed by atoms with Crippen molar-refractivity contribution >= 4 is 17.7 Å². The van der Waals surface area contributed by atoms with Crippen LogP contribution in [0.3, 0.4) is 0 Å². The number of rotatable bonds is 3. The molecule has 0 atom stereocenters. The van der Waals surface area contributed by atoms with E-state index in [9.17, 15) is 13.6 Å². The Hall–Kier alpha value is -1.24. The summed E-state index contributed by atoms with van der Waals surface area (Å²) < 4.78 is 25.2. The number of aromatic nitrogens is 2. The quantitative estimate of drug-likeness (QED) is 0.618. The van der Waals surface area contributed by atoms with Crippen LogP contribution in [0.4, 0.5) is 8.78 Å². The van der Waals surface area contributed by atoms with Gasteiger partial charge in [0.05, 0.1) is 0 Å². The predicted octanol–water partition coefficient (Wildman–Crippen LogP) is 1.55. The zero-order valence-electron chi connectivity index (χ0n) is 7.07. The molecule has 1 aromatic rings. The number of hydrogen-bond acceptors (Lipinski definition) is 4. The molecule has 0 radical (unpaired) electrons. The molecule has 1 rings (SSSR count). The maximum atomic E-state index is 12.6. The number of aryl methyl sites for hydroxylation is 1. The summed E-state index contributed by atoms with van der Waals surface area (Å²) in [7, 11) is 0. The molecule has 0 amide bonds. The van der Waals surface area contributed by atoms with Crippen LogP contribution in [0.5, 0.6) is 0 Å². The van der Waals surface area contributed by atoms with Crippen LogP contribution in [0.1, 0.15) is 5.56 Å². The van der Waals surface area contributed by atoms with Crippen LogP contribution >= 0.6 is 11.8 Å². The second-order valence-corrected chi connectivity index (χ2v) is 3.55. The highest BCUT2D eigenvalue weighted by atomic mass is 32.2. The fourth-order valence-corrected chi connectivity index (χ4v) is 1.12. The SMILES string of the molecule is Cc1cnc(SC(F)(F)C(=O)O)nc1. The third-order valence-electron chi connectivity index (χ3n) is 1.23. The molecule has 0 spiro atoms. The number of nitrogens with zero attached hydrogens (tertiary/aromatic N) is 2. The molecule has 14 heavy (non-hydrogen) atoms. The van der Waals surface area contributed by atoms with Gasteiger partial charge in [-0.05, 0) is 12.5 Å². The molecule has 0 saturated carbocycles. The van der Waals surface area contributed by atoms with Gasteiger partial charge < -0.3 is 5.11 Å². The molecule has 0 saturated heterocycles. The van der Waals surface area contributed by atoms with Crippen molar-refractivity contribution in [1.29, 1.82) is 0 Å². The lowest BCUT2D eigenvalue weighted by molar-refractivity contribution is -0.152. The molecule has 1 N–H and O–H groups in total. The van der Waals surface area contributed by atoms with Gasteiger partial charge in [0.15, 0.2) is 5.16 Å². The predicted molar refractivity (Wildman–Crippen MR) is 45.2 cm³/mol. The molecule has 0 bridgehead atoms. The first-order chi connectivity index (χ1) is 6.42. The summed E-state index contributed by atoms with van der Waals surface area (Å²) >= 11 is -0.192. The number of carbonyl (C=O) groups is 1. The van der Waals surface area contributed by atoms with E-state index in [1.807, 2.05) is 0 Å². The van der Waals surface area contributed by atoms with E-state index in [4.69, 9.17) is 5.11 Å². The largest absolute Gasteiger partial charge is 0.476 e. The first-order valence-corrected chi connectivity index (χ1v) is 4.32. The average molecular weight is 220 g/mol. The molecule has 4 nitrogen and oxygen atoms in total. The zero-order chi connectivity index (χ0) is 10.8. The van der Waals surface area contributed by atoms with Crippen LogP contribution in [-0.2, 0) is 4.79 Å². The Morgan fingerprint density at radius 2 is 2.00 bits per heavy atom. The Morgan fingerprint density at radius 1 is 1.50 bits per heavy atom. The van der Waals surface area contributed by atoms with Gasteiger partial charge in [0, 0.05) is 24.2 Å². The highest BCUT2D eigenvalue weighted by Crippen LogP contribution is 2.33. The van der Waals surface area contributed by atoms with Crippen LogP contribution in [0.15, 0.2) is 17.6 Å². The second kappa shape index (κ2) is 3.87. The molecule has 1 heterocycles. The Balaban J connectivity index is 2.79. The number of alkyl halides is 2. The van der Waals surface area contributed by atoms with E-state index in [1.165, 1.54) is 12.4 Å². The first-order valence-electron chi connectivity index (χ1n) is 3.50. The first kappa shape index (κ1) is 10.8. The van der Waals surface area contributed by atoms with E-state index < -0.39 is 11.2 Å². The summed E-state index contributed by atoms with van der Waals surface area (Å²) in [6, 6.07) is 0. The fourth-order valence-electron chi connectivity index (χ4n) is 0.592. The Bertz CT molecular complexity index is 342. The van der Waals surface area contributed by atoms with Crippen molar-refractivity contribution in [1.82, 2.24) is 9.97 Å². The maximum Gasteiger partial charge on any atom is 0.395 e. The van der Waals surface area contributed by atoms with Gasteiger partial charge in [-0.3, -0.25) is 0 Å². The van der Waals surface area contributed by atoms with Gasteiger partial charge in [0.1, 0.15) is 0 Å². The van der Waals surface area contributed by atoms with Crippen molar-refractivity contribution in [2.75, 3.05) is 0 Å². The van der Waals surface area contributed by atoms with Gasteiger partial charge in [-0.25, -0.2) is 14.8 Å². The molecule has 0 aliphatic carbocycles. The Labute approximate surface area is 82.4 Å². The van der Waals surface area contributed by atoms with Gasteiger partial charge in [0.2, 0.25) is 0 Å². The average Bonchev–Trinajstić information content (AvgIpc) is 2.08. The maximum absolute atomic E-state index is 12.6. The number of carboxylic acids is 1. The van der Waals surface area contributed by atoms with Crippen LogP contribution in [0, 0.1) is 6.92 Å². The lowest BCUT2D eigenvalue weighted by Crippen LogP contribution is -2.23. The monoisotopic (exact) mass is 220 g/mol. The summed E-state index contributed by atoms with van der Waals surface area (Å²) in [5.41, 5.74) is 0.716. The minimum Gasteiger partial charge on any atom is -0.476 e. The minimum absolute atomic E-state index is 0.192. The third kappa shape index (κ3) is 2.63. The molecule has 7 heteroatoms. The van der Waals surface area contributed by atoms with Gasteiger partial charge >= 0.3 is 11.2 Å². The summed E-state index contributed by atoms with van der Waals surface area (Å²) in [5.74, 6) is -2.20. The van der Waals surface area contributed by atoms with Crippen molar-refractivity contribution in [3.05, 3.63) is 18.0 Å². The van der Waals surface area contributed by atoms with Crippen LogP contribution in [-0.4, -0.2) is 26.3 Å². The number of thioether (sulfide) groups is 1. The van der Waals surface area contributed by atoms with Gasteiger partial charge in [-0.15, -0.1) is 0 Å². The van der Waals surface area contributed by atoms with Crippen LogP contribution in [0.25, 0.3) is 0 Å². The second-order valence-electron chi connectivity index (χ2n) is 2.47. The van der Waals surface area contributed by atoms with Crippen LogP contribution < -0.4 is 0 Å². The van der Waals surface area contributed by atoms with E-state index in [0.717, 1.165) is 0 Å². The van der Waals surface area contributed by atoms with Gasteiger partial charge in [-0.2, -0.15) is 8.78 Å². The van der Waals surface area contributed by atoms with E-state index in [1.54, 1.807) is 6.92 Å². The van der Waals surface area contributed by atoms with E-state index in [2.05, 4.69) is 9.97 Å². The van der Waals surface area contributed by atoms with Crippen molar-refractivity contribution < 1.29 is 18.7 Å². The minimum atomic E-state index is -3.89. The molecule has 0 aromatic carbocycles.